The summed E-state index contributed by atoms with van der Waals surface area (Å²) < 4.78 is 0. The van der Waals surface area contributed by atoms with Crippen LogP contribution in [0.5, 0.6) is 0 Å². The first-order valence-corrected chi connectivity index (χ1v) is 9.22. The van der Waals surface area contributed by atoms with Crippen molar-refractivity contribution in [1.82, 2.24) is 0 Å². The van der Waals surface area contributed by atoms with Crippen LogP contribution in [0.3, 0.4) is 0 Å². The maximum Gasteiger partial charge on any atom is -0.0144 e. The van der Waals surface area contributed by atoms with Crippen LogP contribution in [-0.2, 0) is 0 Å². The summed E-state index contributed by atoms with van der Waals surface area (Å²) in [6.07, 6.45) is 23.4. The summed E-state index contributed by atoms with van der Waals surface area (Å²) in [5.74, 6) is 2.40. The highest BCUT2D eigenvalue weighted by Crippen LogP contribution is 2.55. The first-order chi connectivity index (χ1) is 10.2. The predicted molar refractivity (Wildman–Crippen MR) is 92.2 cm³/mol. The van der Waals surface area contributed by atoms with Gasteiger partial charge < -0.3 is 0 Å². The van der Waals surface area contributed by atoms with E-state index in [4.69, 9.17) is 0 Å². The van der Waals surface area contributed by atoms with Crippen LogP contribution in [0.15, 0.2) is 36.5 Å². The maximum absolute atomic E-state index is 4.51. The number of rotatable bonds is 3. The van der Waals surface area contributed by atoms with Crippen molar-refractivity contribution < 1.29 is 0 Å². The Morgan fingerprint density at radius 2 is 1.90 bits per heavy atom. The molecule has 0 N–H and O–H groups in total. The third-order valence-electron chi connectivity index (χ3n) is 6.69. The molecule has 116 valence electrons. The standard InChI is InChI=1S/C21H32/c1-17-11-9-10-16-20(17)21(2,18-12-5-3-6-13-18)19-14-7-4-8-15-19/h3,5,7,14,18-20H,1,4,6,8-13,15-16H2,2H3. The highest BCUT2D eigenvalue weighted by Gasteiger charge is 2.46. The Morgan fingerprint density at radius 3 is 2.57 bits per heavy atom. The van der Waals surface area contributed by atoms with Crippen molar-refractivity contribution in [1.29, 1.82) is 0 Å². The Bertz CT molecular complexity index is 427. The molecule has 0 aromatic carbocycles. The number of hydrogen-bond donors (Lipinski definition) is 0. The minimum Gasteiger partial charge on any atom is -0.0996 e. The second-order valence-corrected chi connectivity index (χ2v) is 7.77. The Morgan fingerprint density at radius 1 is 1.00 bits per heavy atom. The second-order valence-electron chi connectivity index (χ2n) is 7.77. The van der Waals surface area contributed by atoms with Gasteiger partial charge in [-0.05, 0) is 81.0 Å². The summed E-state index contributed by atoms with van der Waals surface area (Å²) in [6, 6.07) is 0. The van der Waals surface area contributed by atoms with Gasteiger partial charge in [0, 0.05) is 0 Å². The number of hydrogen-bond acceptors (Lipinski definition) is 0. The van der Waals surface area contributed by atoms with Crippen LogP contribution < -0.4 is 0 Å². The molecule has 0 nitrogen and oxygen atoms in total. The highest BCUT2D eigenvalue weighted by molar-refractivity contribution is 5.16. The normalized spacial score (nSPS) is 36.4. The molecule has 0 heterocycles. The molecular formula is C21H32. The van der Waals surface area contributed by atoms with Crippen LogP contribution in [-0.4, -0.2) is 0 Å². The van der Waals surface area contributed by atoms with E-state index in [1.807, 2.05) is 0 Å². The molecule has 4 unspecified atom stereocenters. The number of allylic oxidation sites excluding steroid dienone is 5. The van der Waals surface area contributed by atoms with Crippen molar-refractivity contribution in [2.75, 3.05) is 0 Å². The van der Waals surface area contributed by atoms with Gasteiger partial charge in [-0.2, -0.15) is 0 Å². The zero-order valence-corrected chi connectivity index (χ0v) is 13.8. The molecule has 0 aliphatic heterocycles. The molecule has 0 heteroatoms. The Labute approximate surface area is 131 Å². The van der Waals surface area contributed by atoms with Crippen LogP contribution in [0.25, 0.3) is 0 Å². The minimum absolute atomic E-state index is 0.444. The zero-order chi connectivity index (χ0) is 14.7. The van der Waals surface area contributed by atoms with E-state index in [1.54, 1.807) is 5.57 Å². The third kappa shape index (κ3) is 2.91. The molecule has 3 aliphatic rings. The molecule has 0 aromatic rings. The zero-order valence-electron chi connectivity index (χ0n) is 13.8. The molecule has 0 amide bonds. The summed E-state index contributed by atoms with van der Waals surface area (Å²) in [5, 5.41) is 0. The second kappa shape index (κ2) is 6.55. The first-order valence-electron chi connectivity index (χ1n) is 9.22. The van der Waals surface area contributed by atoms with Gasteiger partial charge in [0.1, 0.15) is 0 Å². The molecule has 0 saturated heterocycles. The molecule has 0 radical (unpaired) electrons. The van der Waals surface area contributed by atoms with E-state index in [-0.39, 0.29) is 0 Å². The molecule has 1 fully saturated rings. The lowest BCUT2D eigenvalue weighted by atomic mass is 9.53. The van der Waals surface area contributed by atoms with E-state index in [0.717, 1.165) is 17.8 Å². The molecule has 0 aromatic heterocycles. The third-order valence-corrected chi connectivity index (χ3v) is 6.69. The summed E-state index contributed by atoms with van der Waals surface area (Å²) in [6.45, 7) is 7.13. The molecular weight excluding hydrogens is 252 g/mol. The van der Waals surface area contributed by atoms with Crippen LogP contribution in [0.2, 0.25) is 0 Å². The fourth-order valence-electron chi connectivity index (χ4n) is 5.36. The lowest BCUT2D eigenvalue weighted by Crippen LogP contribution is -2.44. The van der Waals surface area contributed by atoms with Crippen molar-refractivity contribution in [3.05, 3.63) is 36.5 Å². The molecule has 4 atom stereocenters. The van der Waals surface area contributed by atoms with Crippen LogP contribution >= 0.6 is 0 Å². The summed E-state index contributed by atoms with van der Waals surface area (Å²) in [7, 11) is 0. The van der Waals surface area contributed by atoms with E-state index >= 15 is 0 Å². The first kappa shape index (κ1) is 15.1. The van der Waals surface area contributed by atoms with Gasteiger partial charge in [-0.15, -0.1) is 0 Å². The van der Waals surface area contributed by atoms with Crippen LogP contribution in [0.1, 0.15) is 71.1 Å². The van der Waals surface area contributed by atoms with Gasteiger partial charge in [0.2, 0.25) is 0 Å². The topological polar surface area (TPSA) is 0 Å². The summed E-state index contributed by atoms with van der Waals surface area (Å²) in [5.41, 5.74) is 2.01. The van der Waals surface area contributed by atoms with Gasteiger partial charge in [0.05, 0.1) is 0 Å². The van der Waals surface area contributed by atoms with E-state index < -0.39 is 0 Å². The van der Waals surface area contributed by atoms with E-state index in [2.05, 4.69) is 37.8 Å². The largest absolute Gasteiger partial charge is 0.0996 e. The van der Waals surface area contributed by atoms with Gasteiger partial charge in [-0.3, -0.25) is 0 Å². The van der Waals surface area contributed by atoms with Gasteiger partial charge >= 0.3 is 0 Å². The summed E-state index contributed by atoms with van der Waals surface area (Å²) in [4.78, 5) is 0. The van der Waals surface area contributed by atoms with Gasteiger partial charge in [-0.1, -0.05) is 49.8 Å². The van der Waals surface area contributed by atoms with Crippen molar-refractivity contribution in [3.8, 4) is 0 Å². The Balaban J connectivity index is 1.92. The molecule has 0 bridgehead atoms. The lowest BCUT2D eigenvalue weighted by molar-refractivity contribution is 0.0328. The van der Waals surface area contributed by atoms with Crippen LogP contribution in [0, 0.1) is 23.2 Å². The quantitative estimate of drug-likeness (QED) is 0.522. The average Bonchev–Trinajstić information content (AvgIpc) is 2.56. The van der Waals surface area contributed by atoms with Crippen molar-refractivity contribution in [2.24, 2.45) is 23.2 Å². The smallest absolute Gasteiger partial charge is 0.0144 e. The maximum atomic E-state index is 4.51. The van der Waals surface area contributed by atoms with Gasteiger partial charge in [0.25, 0.3) is 0 Å². The average molecular weight is 284 g/mol. The molecule has 3 rings (SSSR count). The fraction of sp³-hybridized carbons (Fsp3) is 0.714. The molecule has 0 spiro atoms. The van der Waals surface area contributed by atoms with E-state index in [1.165, 1.54) is 64.2 Å². The molecule has 3 aliphatic carbocycles. The van der Waals surface area contributed by atoms with Gasteiger partial charge in [-0.25, -0.2) is 0 Å². The predicted octanol–water partition coefficient (Wildman–Crippen LogP) is 6.45. The Hall–Kier alpha value is -0.780. The fourth-order valence-corrected chi connectivity index (χ4v) is 5.36. The Kier molecular flexibility index (Phi) is 4.72. The van der Waals surface area contributed by atoms with Gasteiger partial charge in [0.15, 0.2) is 0 Å². The summed E-state index contributed by atoms with van der Waals surface area (Å²) >= 11 is 0. The van der Waals surface area contributed by atoms with Crippen molar-refractivity contribution in [2.45, 2.75) is 71.1 Å². The van der Waals surface area contributed by atoms with Crippen LogP contribution in [0.4, 0.5) is 0 Å². The molecule has 21 heavy (non-hydrogen) atoms. The van der Waals surface area contributed by atoms with E-state index in [9.17, 15) is 0 Å². The molecule has 1 saturated carbocycles. The monoisotopic (exact) mass is 284 g/mol. The van der Waals surface area contributed by atoms with E-state index in [0.29, 0.717) is 5.41 Å². The lowest BCUT2D eigenvalue weighted by Gasteiger charge is -2.52. The van der Waals surface area contributed by atoms with Crippen molar-refractivity contribution >= 4 is 0 Å². The minimum atomic E-state index is 0.444. The SMILES string of the molecule is C=C1CCCCC1C(C)(C1C=CCCC1)C1CC=CCC1. The highest BCUT2D eigenvalue weighted by atomic mass is 14.5. The van der Waals surface area contributed by atoms with Crippen molar-refractivity contribution in [3.63, 3.8) is 0 Å².